The van der Waals surface area contributed by atoms with Crippen LogP contribution in [0.25, 0.3) is 0 Å². The first-order valence-electron chi connectivity index (χ1n) is 15.8. The van der Waals surface area contributed by atoms with Crippen LogP contribution in [0, 0.1) is 5.92 Å². The van der Waals surface area contributed by atoms with Gasteiger partial charge in [0.15, 0.2) is 5.60 Å². The zero-order valence-electron chi connectivity index (χ0n) is 27.0. The number of halogens is 1. The van der Waals surface area contributed by atoms with Crippen LogP contribution in [0.15, 0.2) is 95.5 Å². The van der Waals surface area contributed by atoms with Gasteiger partial charge in [0.05, 0.1) is 33.5 Å². The average molecular weight is 715 g/mol. The van der Waals surface area contributed by atoms with Gasteiger partial charge in [0.1, 0.15) is 5.75 Å². The molecule has 10 heteroatoms. The second-order valence-electron chi connectivity index (χ2n) is 13.0. The van der Waals surface area contributed by atoms with E-state index in [4.69, 9.17) is 15.2 Å². The van der Waals surface area contributed by atoms with Crippen molar-refractivity contribution in [1.29, 1.82) is 0 Å². The molecule has 4 atom stereocenters. The van der Waals surface area contributed by atoms with E-state index in [1.807, 2.05) is 59.5 Å². The molecule has 1 spiro atoms. The molecule has 47 heavy (non-hydrogen) atoms. The van der Waals surface area contributed by atoms with E-state index >= 15 is 0 Å². The van der Waals surface area contributed by atoms with Gasteiger partial charge in [-0.2, -0.15) is 0 Å². The molecule has 6 rings (SSSR count). The number of hydrogen-bond acceptors (Lipinski definition) is 6. The number of ether oxygens (including phenoxy) is 2. The Morgan fingerprint density at radius 3 is 2.36 bits per heavy atom. The Morgan fingerprint density at radius 1 is 1.04 bits per heavy atom. The first-order valence-corrected chi connectivity index (χ1v) is 19.7. The largest absolute Gasteiger partial charge is 0.497 e. The Morgan fingerprint density at radius 2 is 1.72 bits per heavy atom. The summed E-state index contributed by atoms with van der Waals surface area (Å²) in [5, 5.41) is 14.3. The number of carbonyl (C=O) groups excluding carboxylic acids is 2. The number of benzene rings is 4. The smallest absolute Gasteiger partial charge is 0.264 e. The lowest BCUT2D eigenvalue weighted by molar-refractivity contribution is -0.146. The summed E-state index contributed by atoms with van der Waals surface area (Å²) in [6.07, 6.45) is 0.155. The van der Waals surface area contributed by atoms with Gasteiger partial charge >= 0.3 is 0 Å². The summed E-state index contributed by atoms with van der Waals surface area (Å²) < 4.78 is 13.3. The van der Waals surface area contributed by atoms with Gasteiger partial charge in [-0.25, -0.2) is 0 Å². The average Bonchev–Trinajstić information content (AvgIpc) is 3.48. The molecule has 0 bridgehead atoms. The maximum absolute atomic E-state index is 14.8. The lowest BCUT2D eigenvalue weighted by Crippen LogP contribution is -2.51. The lowest BCUT2D eigenvalue weighted by atomic mass is 9.82. The number of anilines is 3. The van der Waals surface area contributed by atoms with Gasteiger partial charge in [0.2, 0.25) is 0 Å². The number of amides is 2. The number of fused-ring (bicyclic) bond motifs is 2. The van der Waals surface area contributed by atoms with Crippen LogP contribution in [0.5, 0.6) is 5.75 Å². The summed E-state index contributed by atoms with van der Waals surface area (Å²) in [5.41, 5.74) is 8.96. The highest BCUT2D eigenvalue weighted by Crippen LogP contribution is 2.60. The highest BCUT2D eigenvalue weighted by molar-refractivity contribution is 9.10. The third kappa shape index (κ3) is 5.88. The van der Waals surface area contributed by atoms with Crippen LogP contribution in [0.3, 0.4) is 0 Å². The van der Waals surface area contributed by atoms with Crippen molar-refractivity contribution < 1.29 is 24.2 Å². The third-order valence-corrected chi connectivity index (χ3v) is 14.8. The first kappa shape index (κ1) is 33.0. The Kier molecular flexibility index (Phi) is 9.06. The molecular formula is C37H40BrN3O5Si. The fourth-order valence-corrected chi connectivity index (χ4v) is 12.0. The molecule has 2 amide bonds. The van der Waals surface area contributed by atoms with Crippen molar-refractivity contribution in [2.75, 3.05) is 29.7 Å². The SMILES string of the molecule is COc1ccc([Si](C)(C)[C@@H]2[C@@H](CCO)O[C@]3(C(=O)N(Cc4ccc(NC(=O)c5ccc(N)cc5)cc4)c4ccc(Br)cc43)[C@H]2C)cc1. The van der Waals surface area contributed by atoms with Crippen LogP contribution in [-0.4, -0.2) is 44.8 Å². The number of nitrogen functional groups attached to an aromatic ring is 1. The molecule has 0 aromatic heterocycles. The predicted octanol–water partition coefficient (Wildman–Crippen LogP) is 6.44. The molecule has 2 aliphatic rings. The van der Waals surface area contributed by atoms with Gasteiger partial charge in [0, 0.05) is 39.5 Å². The molecule has 0 unspecified atom stereocenters. The Hall–Kier alpha value is -3.96. The molecular weight excluding hydrogens is 674 g/mol. The van der Waals surface area contributed by atoms with Gasteiger partial charge < -0.3 is 30.5 Å². The third-order valence-electron chi connectivity index (χ3n) is 9.94. The molecule has 4 N–H and O–H groups in total. The first-order chi connectivity index (χ1) is 22.5. The normalized spacial score (nSPS) is 22.0. The van der Waals surface area contributed by atoms with Crippen molar-refractivity contribution in [3.63, 3.8) is 0 Å². The Labute approximate surface area is 285 Å². The number of methoxy groups -OCH3 is 1. The maximum atomic E-state index is 14.8. The molecule has 2 heterocycles. The van der Waals surface area contributed by atoms with Gasteiger partial charge in [-0.1, -0.05) is 65.4 Å². The molecule has 4 aromatic carbocycles. The van der Waals surface area contributed by atoms with Crippen molar-refractivity contribution in [1.82, 2.24) is 0 Å². The molecule has 4 aromatic rings. The molecule has 1 saturated heterocycles. The number of aliphatic hydroxyl groups is 1. The van der Waals surface area contributed by atoms with Crippen LogP contribution in [0.1, 0.15) is 34.8 Å². The summed E-state index contributed by atoms with van der Waals surface area (Å²) in [7, 11) is -0.601. The number of nitrogens with two attached hydrogens (primary N) is 1. The maximum Gasteiger partial charge on any atom is 0.264 e. The molecule has 8 nitrogen and oxygen atoms in total. The Balaban J connectivity index is 1.30. The minimum atomic E-state index is -2.26. The van der Waals surface area contributed by atoms with Crippen LogP contribution < -0.4 is 25.9 Å². The number of nitrogens with zero attached hydrogens (tertiary/aromatic N) is 1. The van der Waals surface area contributed by atoms with E-state index in [-0.39, 0.29) is 36.0 Å². The van der Waals surface area contributed by atoms with E-state index in [9.17, 15) is 14.7 Å². The summed E-state index contributed by atoms with van der Waals surface area (Å²) in [5.74, 6) is 0.327. The van der Waals surface area contributed by atoms with Crippen LogP contribution in [0.2, 0.25) is 18.6 Å². The van der Waals surface area contributed by atoms with Gasteiger partial charge in [-0.3, -0.25) is 9.59 Å². The van der Waals surface area contributed by atoms with E-state index < -0.39 is 13.7 Å². The topological polar surface area (TPSA) is 114 Å². The standard InChI is InChI=1S/C37H40BrN3O5Si/c1-23-34(47(3,4)30-16-14-29(45-2)15-17-30)33(19-20-42)46-37(23)31-21-26(38)9-18-32(31)41(36(37)44)22-24-5-12-28(13-6-24)40-35(43)25-7-10-27(39)11-8-25/h5-18,21,23,33-34,42H,19-20,22,39H2,1-4H3,(H,40,43)/t23-,33+,34-,37+/m0/s1. The van der Waals surface area contributed by atoms with Gasteiger partial charge in [0.25, 0.3) is 11.8 Å². The zero-order chi connectivity index (χ0) is 33.5. The van der Waals surface area contributed by atoms with Crippen molar-refractivity contribution in [3.8, 4) is 5.75 Å². The minimum Gasteiger partial charge on any atom is -0.497 e. The Bertz CT molecular complexity index is 1780. The summed E-state index contributed by atoms with van der Waals surface area (Å²) in [6, 6.07) is 28.5. The number of nitrogens with one attached hydrogen (secondary N) is 1. The van der Waals surface area contributed by atoms with E-state index in [0.29, 0.717) is 29.9 Å². The summed E-state index contributed by atoms with van der Waals surface area (Å²) >= 11 is 3.65. The van der Waals surface area contributed by atoms with Gasteiger partial charge in [-0.15, -0.1) is 0 Å². The van der Waals surface area contributed by atoms with E-state index in [1.165, 1.54) is 5.19 Å². The molecule has 0 aliphatic carbocycles. The van der Waals surface area contributed by atoms with E-state index in [0.717, 1.165) is 27.0 Å². The predicted molar refractivity (Wildman–Crippen MR) is 192 cm³/mol. The van der Waals surface area contributed by atoms with Crippen molar-refractivity contribution in [2.45, 2.75) is 50.2 Å². The molecule has 0 saturated carbocycles. The monoisotopic (exact) mass is 713 g/mol. The van der Waals surface area contributed by atoms with Crippen LogP contribution in [0.4, 0.5) is 17.1 Å². The van der Waals surface area contributed by atoms with E-state index in [1.54, 1.807) is 31.4 Å². The minimum absolute atomic E-state index is 0.0263. The van der Waals surface area contributed by atoms with Crippen molar-refractivity contribution >= 4 is 58.1 Å². The number of carbonyl (C=O) groups is 2. The summed E-state index contributed by atoms with van der Waals surface area (Å²) in [6.45, 7) is 7.11. The zero-order valence-corrected chi connectivity index (χ0v) is 29.6. The fraction of sp³-hybridized carbons (Fsp3) is 0.297. The van der Waals surface area contributed by atoms with Crippen molar-refractivity contribution in [3.05, 3.63) is 112 Å². The van der Waals surface area contributed by atoms with E-state index in [2.05, 4.69) is 53.4 Å². The van der Waals surface area contributed by atoms with Crippen molar-refractivity contribution in [2.24, 2.45) is 5.92 Å². The highest BCUT2D eigenvalue weighted by Gasteiger charge is 2.66. The summed E-state index contributed by atoms with van der Waals surface area (Å²) in [4.78, 5) is 29.3. The quantitative estimate of drug-likeness (QED) is 0.136. The van der Waals surface area contributed by atoms with Crippen LogP contribution >= 0.6 is 15.9 Å². The fourth-order valence-electron chi connectivity index (χ4n) is 7.55. The second-order valence-corrected chi connectivity index (χ2v) is 18.6. The molecule has 2 aliphatic heterocycles. The number of hydrogen-bond donors (Lipinski definition) is 3. The van der Waals surface area contributed by atoms with Gasteiger partial charge in [-0.05, 0) is 84.3 Å². The molecule has 244 valence electrons. The molecule has 1 fully saturated rings. The second kappa shape index (κ2) is 12.9. The van der Waals surface area contributed by atoms with Crippen LogP contribution in [-0.2, 0) is 21.7 Å². The highest BCUT2D eigenvalue weighted by atomic mass is 79.9. The number of aliphatic hydroxyl groups excluding tert-OH is 1. The number of rotatable bonds is 9. The lowest BCUT2D eigenvalue weighted by Gasteiger charge is -2.37. The molecule has 0 radical (unpaired) electrons.